The van der Waals surface area contributed by atoms with E-state index in [0.29, 0.717) is 30.6 Å². The number of rotatable bonds is 9. The van der Waals surface area contributed by atoms with Gasteiger partial charge in [0.2, 0.25) is 5.62 Å². The molecule has 8 nitrogen and oxygen atoms in total. The number of cyclic esters (lactones) is 1. The van der Waals surface area contributed by atoms with E-state index in [1.54, 1.807) is 0 Å². The number of hydrogen-bond acceptors (Lipinski definition) is 7. The summed E-state index contributed by atoms with van der Waals surface area (Å²) in [7, 11) is 1.89. The highest BCUT2D eigenvalue weighted by Gasteiger charge is 2.48. The maximum Gasteiger partial charge on any atom is 0.338 e. The molecule has 204 valence electrons. The van der Waals surface area contributed by atoms with Gasteiger partial charge in [0, 0.05) is 54.8 Å². The van der Waals surface area contributed by atoms with Crippen LogP contribution in [0.2, 0.25) is 0 Å². The van der Waals surface area contributed by atoms with Crippen molar-refractivity contribution in [3.05, 3.63) is 70.0 Å². The summed E-state index contributed by atoms with van der Waals surface area (Å²) in [4.78, 5) is 31.8. The van der Waals surface area contributed by atoms with E-state index in [0.717, 1.165) is 67.1 Å². The predicted octanol–water partition coefficient (Wildman–Crippen LogP) is 5.08. The zero-order chi connectivity index (χ0) is 27.4. The van der Waals surface area contributed by atoms with E-state index in [1.807, 2.05) is 31.5 Å². The van der Waals surface area contributed by atoms with Crippen LogP contribution in [0.1, 0.15) is 87.4 Å². The lowest BCUT2D eigenvalue weighted by atomic mass is 9.76. The number of esters is 1. The van der Waals surface area contributed by atoms with Gasteiger partial charge in [0.05, 0.1) is 5.57 Å². The molecule has 1 atom stereocenters. The number of aromatic nitrogens is 4. The third kappa shape index (κ3) is 6.05. The number of carbonyl (C=O) groups is 1. The number of allylic oxidation sites excluding steroid dienone is 1. The Morgan fingerprint density at radius 3 is 2.53 bits per heavy atom. The van der Waals surface area contributed by atoms with Crippen LogP contribution in [0.3, 0.4) is 0 Å². The summed E-state index contributed by atoms with van der Waals surface area (Å²) < 4.78 is 8.16. The fraction of sp³-hybridized carbons (Fsp3) is 0.567. The molecule has 2 aliphatic rings. The highest BCUT2D eigenvalue weighted by molar-refractivity contribution is 5.90. The molecule has 1 saturated carbocycles. The molecule has 1 N–H and O–H groups in total. The first-order valence-electron chi connectivity index (χ1n) is 13.9. The molecule has 1 aliphatic carbocycles. The van der Waals surface area contributed by atoms with Crippen LogP contribution < -0.4 is 5.62 Å². The predicted molar refractivity (Wildman–Crippen MR) is 146 cm³/mol. The van der Waals surface area contributed by atoms with E-state index < -0.39 is 11.6 Å². The molecule has 0 radical (unpaired) electrons. The summed E-state index contributed by atoms with van der Waals surface area (Å²) in [5.74, 6) is 0.683. The normalized spacial score (nSPS) is 20.8. The van der Waals surface area contributed by atoms with Gasteiger partial charge in [-0.2, -0.15) is 0 Å². The van der Waals surface area contributed by atoms with Crippen molar-refractivity contribution < 1.29 is 14.6 Å². The first kappa shape index (κ1) is 27.7. The first-order valence-corrected chi connectivity index (χ1v) is 13.9. The quantitative estimate of drug-likeness (QED) is 0.464. The molecular formula is C30H41N5O3. The maximum atomic E-state index is 13.4. The number of aliphatic hydroxyl groups excluding tert-OH is 1. The van der Waals surface area contributed by atoms with E-state index in [-0.39, 0.29) is 23.7 Å². The Hall–Kier alpha value is -3.29. The van der Waals surface area contributed by atoms with Crippen molar-refractivity contribution >= 4 is 5.97 Å². The van der Waals surface area contributed by atoms with Crippen LogP contribution in [0.15, 0.2) is 40.7 Å². The second-order valence-electron chi connectivity index (χ2n) is 10.8. The van der Waals surface area contributed by atoms with Gasteiger partial charge in [0.1, 0.15) is 17.2 Å². The Morgan fingerprint density at radius 2 is 1.87 bits per heavy atom. The average Bonchev–Trinajstić information content (AvgIpc) is 3.43. The summed E-state index contributed by atoms with van der Waals surface area (Å²) in [5.41, 5.74) is 4.34. The first-order chi connectivity index (χ1) is 18.1. The molecule has 0 unspecified atom stereocenters. The number of carbonyl (C=O) groups excluding carboxylic acids is 1. The average molecular weight is 520 g/mol. The van der Waals surface area contributed by atoms with Gasteiger partial charge in [-0.05, 0) is 64.0 Å². The molecule has 3 heterocycles. The topological polar surface area (TPSA) is 102 Å². The van der Waals surface area contributed by atoms with E-state index in [9.17, 15) is 9.90 Å². The molecule has 2 aromatic rings. The Labute approximate surface area is 225 Å². The number of aryl methyl sites for hydroxylation is 5. The SMILES string of the molecule is C=C(CC1=C(O)C[C@](CCc2cc(CC)nc(CC)n2)(C2CCCC2)OC1=O)/N=c1/nc(C)cc(C)n1C. The third-order valence-corrected chi connectivity index (χ3v) is 7.98. The molecule has 1 aliphatic heterocycles. The smallest absolute Gasteiger partial charge is 0.338 e. The fourth-order valence-corrected chi connectivity index (χ4v) is 5.71. The molecule has 0 bridgehead atoms. The van der Waals surface area contributed by atoms with Crippen LogP contribution in [0.25, 0.3) is 0 Å². The van der Waals surface area contributed by atoms with Gasteiger partial charge < -0.3 is 14.4 Å². The van der Waals surface area contributed by atoms with Crippen LogP contribution in [-0.4, -0.2) is 36.2 Å². The van der Waals surface area contributed by atoms with Crippen molar-refractivity contribution in [1.82, 2.24) is 19.5 Å². The van der Waals surface area contributed by atoms with Crippen molar-refractivity contribution in [3.63, 3.8) is 0 Å². The van der Waals surface area contributed by atoms with Gasteiger partial charge in [0.15, 0.2) is 0 Å². The second kappa shape index (κ2) is 11.6. The van der Waals surface area contributed by atoms with Crippen molar-refractivity contribution in [2.75, 3.05) is 0 Å². The minimum atomic E-state index is -0.731. The molecule has 4 rings (SSSR count). The lowest BCUT2D eigenvalue weighted by Crippen LogP contribution is -2.46. The Bertz CT molecular complexity index is 1300. The van der Waals surface area contributed by atoms with Gasteiger partial charge in [0.25, 0.3) is 0 Å². The van der Waals surface area contributed by atoms with Crippen molar-refractivity contribution in [2.45, 2.75) is 97.5 Å². The summed E-state index contributed by atoms with van der Waals surface area (Å²) in [6.07, 6.45) is 7.58. The minimum absolute atomic E-state index is 0.0911. The van der Waals surface area contributed by atoms with Crippen LogP contribution >= 0.6 is 0 Å². The molecule has 38 heavy (non-hydrogen) atoms. The van der Waals surface area contributed by atoms with Crippen molar-refractivity contribution in [3.8, 4) is 0 Å². The second-order valence-corrected chi connectivity index (χ2v) is 10.8. The Balaban J connectivity index is 1.58. The minimum Gasteiger partial charge on any atom is -0.512 e. The third-order valence-electron chi connectivity index (χ3n) is 7.98. The molecule has 0 aromatic carbocycles. The number of ether oxygens (including phenoxy) is 1. The van der Waals surface area contributed by atoms with Crippen LogP contribution in [0.5, 0.6) is 0 Å². The number of hydrogen-bond donors (Lipinski definition) is 1. The monoisotopic (exact) mass is 519 g/mol. The lowest BCUT2D eigenvalue weighted by molar-refractivity contribution is -0.167. The molecular weight excluding hydrogens is 478 g/mol. The van der Waals surface area contributed by atoms with Crippen molar-refractivity contribution in [2.24, 2.45) is 18.0 Å². The molecule has 1 fully saturated rings. The molecule has 0 saturated heterocycles. The van der Waals surface area contributed by atoms with E-state index in [1.165, 1.54) is 0 Å². The van der Waals surface area contributed by atoms with Crippen molar-refractivity contribution in [1.29, 1.82) is 0 Å². The number of nitrogens with zero attached hydrogens (tertiary/aromatic N) is 5. The van der Waals surface area contributed by atoms with Crippen LogP contribution in [0.4, 0.5) is 0 Å². The van der Waals surface area contributed by atoms with Gasteiger partial charge in [-0.25, -0.2) is 24.7 Å². The highest BCUT2D eigenvalue weighted by atomic mass is 16.6. The van der Waals surface area contributed by atoms with E-state index in [2.05, 4.69) is 41.5 Å². The fourth-order valence-electron chi connectivity index (χ4n) is 5.71. The summed E-state index contributed by atoms with van der Waals surface area (Å²) in [6.45, 7) is 12.1. The highest BCUT2D eigenvalue weighted by Crippen LogP contribution is 2.46. The van der Waals surface area contributed by atoms with E-state index in [4.69, 9.17) is 9.72 Å². The van der Waals surface area contributed by atoms with Gasteiger partial charge in [-0.3, -0.25) is 0 Å². The van der Waals surface area contributed by atoms with E-state index >= 15 is 0 Å². The van der Waals surface area contributed by atoms with Gasteiger partial charge >= 0.3 is 5.97 Å². The zero-order valence-corrected chi connectivity index (χ0v) is 23.5. The molecule has 0 amide bonds. The molecule has 8 heteroatoms. The molecule has 2 aromatic heterocycles. The number of aliphatic hydroxyl groups is 1. The summed E-state index contributed by atoms with van der Waals surface area (Å²) in [5, 5.41) is 11.2. The zero-order valence-electron chi connectivity index (χ0n) is 23.5. The summed E-state index contributed by atoms with van der Waals surface area (Å²) in [6, 6.07) is 4.03. The lowest BCUT2D eigenvalue weighted by Gasteiger charge is -2.41. The van der Waals surface area contributed by atoms with Gasteiger partial charge in [-0.15, -0.1) is 0 Å². The Morgan fingerprint density at radius 1 is 1.16 bits per heavy atom. The maximum absolute atomic E-state index is 13.4. The molecule has 0 spiro atoms. The Kier molecular flexibility index (Phi) is 8.48. The standard InChI is InChI=1S/C30H41N5O3/c1-7-23-17-24(34-27(8-2)33-23)13-14-30(22-11-9-10-12-22)18-26(36)25(28(37)38-30)16-20(4)32-29-31-19(3)15-21(5)35(29)6/h15,17,22,36H,4,7-14,16,18H2,1-3,5-6H3/b32-29-/t30-/m1/s1. The largest absolute Gasteiger partial charge is 0.512 e. The summed E-state index contributed by atoms with van der Waals surface area (Å²) >= 11 is 0. The van der Waals surface area contributed by atoms with Crippen LogP contribution in [-0.2, 0) is 35.8 Å². The van der Waals surface area contributed by atoms with Crippen LogP contribution in [0, 0.1) is 19.8 Å². The van der Waals surface area contributed by atoms with Gasteiger partial charge in [-0.1, -0.05) is 33.3 Å².